The molecule has 0 spiro atoms. The molecular formula is C10H14N4S3. The van der Waals surface area contributed by atoms with Gasteiger partial charge in [0.2, 0.25) is 0 Å². The lowest BCUT2D eigenvalue weighted by Crippen LogP contribution is -2.13. The summed E-state index contributed by atoms with van der Waals surface area (Å²) in [5.41, 5.74) is 3.01. The summed E-state index contributed by atoms with van der Waals surface area (Å²) in [6.45, 7) is 2.76. The molecule has 1 aromatic rings. The monoisotopic (exact) mass is 286 g/mol. The maximum Gasteiger partial charge on any atom is 0.183 e. The molecular weight excluding hydrogens is 272 g/mol. The lowest BCUT2D eigenvalue weighted by atomic mass is 10.4. The highest BCUT2D eigenvalue weighted by molar-refractivity contribution is 8.13. The van der Waals surface area contributed by atoms with E-state index >= 15 is 0 Å². The minimum absolute atomic E-state index is 0.682. The minimum atomic E-state index is 0.682. The van der Waals surface area contributed by atoms with Crippen molar-refractivity contribution in [1.82, 2.24) is 10.3 Å². The van der Waals surface area contributed by atoms with Crippen molar-refractivity contribution >= 4 is 40.0 Å². The number of aryl methyl sites for hydroxylation is 1. The van der Waals surface area contributed by atoms with E-state index in [-0.39, 0.29) is 0 Å². The largest absolute Gasteiger partial charge is 0.272 e. The van der Waals surface area contributed by atoms with Gasteiger partial charge in [-0.25, -0.2) is 4.98 Å². The third-order valence-corrected chi connectivity index (χ3v) is 4.62. The molecule has 1 heterocycles. The van der Waals surface area contributed by atoms with Crippen molar-refractivity contribution in [3.63, 3.8) is 0 Å². The number of aromatic nitrogens is 1. The van der Waals surface area contributed by atoms with Gasteiger partial charge in [0.1, 0.15) is 0 Å². The number of nitriles is 1. The standard InChI is InChI=1S/C10H14N4S3/c1-8-9(17-7-14-8)5-16-4-3-12-10(15-2)13-6-11/h7H,3-5H2,1-2H3,(H,12,13). The van der Waals surface area contributed by atoms with Crippen LogP contribution in [0.4, 0.5) is 0 Å². The van der Waals surface area contributed by atoms with Crippen molar-refractivity contribution in [1.29, 1.82) is 5.26 Å². The van der Waals surface area contributed by atoms with Crippen LogP contribution < -0.4 is 5.32 Å². The van der Waals surface area contributed by atoms with Crippen LogP contribution in [0.1, 0.15) is 10.6 Å². The fraction of sp³-hybridized carbons (Fsp3) is 0.500. The first-order valence-electron chi connectivity index (χ1n) is 4.98. The van der Waals surface area contributed by atoms with E-state index in [4.69, 9.17) is 5.26 Å². The zero-order valence-corrected chi connectivity index (χ0v) is 12.2. The summed E-state index contributed by atoms with van der Waals surface area (Å²) < 4.78 is 0. The summed E-state index contributed by atoms with van der Waals surface area (Å²) in [4.78, 5) is 9.83. The van der Waals surface area contributed by atoms with Crippen LogP contribution >= 0.6 is 34.9 Å². The van der Waals surface area contributed by atoms with Crippen molar-refractivity contribution < 1.29 is 0 Å². The Hall–Kier alpha value is -0.710. The molecule has 0 amide bonds. The molecule has 0 saturated carbocycles. The maximum atomic E-state index is 8.46. The Morgan fingerprint density at radius 3 is 3.12 bits per heavy atom. The van der Waals surface area contributed by atoms with Crippen molar-refractivity contribution in [2.45, 2.75) is 12.7 Å². The quantitative estimate of drug-likeness (QED) is 0.296. The molecule has 0 radical (unpaired) electrons. The van der Waals surface area contributed by atoms with E-state index in [0.717, 1.165) is 23.7 Å². The third kappa shape index (κ3) is 5.44. The molecule has 0 aliphatic rings. The molecule has 0 aliphatic heterocycles. The van der Waals surface area contributed by atoms with Crippen LogP contribution in [0.5, 0.6) is 0 Å². The Morgan fingerprint density at radius 2 is 2.53 bits per heavy atom. The fourth-order valence-corrected chi connectivity index (χ4v) is 3.25. The van der Waals surface area contributed by atoms with Crippen molar-refractivity contribution in [3.05, 3.63) is 16.1 Å². The van der Waals surface area contributed by atoms with Crippen LogP contribution in [-0.4, -0.2) is 28.7 Å². The second-order valence-electron chi connectivity index (χ2n) is 3.04. The summed E-state index contributed by atoms with van der Waals surface area (Å²) in [6.07, 6.45) is 3.77. The van der Waals surface area contributed by atoms with Gasteiger partial charge < -0.3 is 0 Å². The molecule has 1 rings (SSSR count). The number of amidine groups is 1. The van der Waals surface area contributed by atoms with Gasteiger partial charge in [-0.2, -0.15) is 17.0 Å². The van der Waals surface area contributed by atoms with E-state index in [1.54, 1.807) is 11.3 Å². The van der Waals surface area contributed by atoms with Gasteiger partial charge >= 0.3 is 0 Å². The Kier molecular flexibility index (Phi) is 7.08. The SMILES string of the molecule is CS/C(=N\CCSCc1scnc1C)NC#N. The zero-order chi connectivity index (χ0) is 12.5. The van der Waals surface area contributed by atoms with Crippen LogP contribution in [0.25, 0.3) is 0 Å². The molecule has 0 bridgehead atoms. The molecule has 7 heteroatoms. The number of nitrogens with one attached hydrogen (secondary N) is 1. The van der Waals surface area contributed by atoms with Crippen LogP contribution in [0.2, 0.25) is 0 Å². The van der Waals surface area contributed by atoms with Gasteiger partial charge in [0, 0.05) is 16.4 Å². The smallest absolute Gasteiger partial charge is 0.183 e. The molecule has 0 unspecified atom stereocenters. The molecule has 92 valence electrons. The summed E-state index contributed by atoms with van der Waals surface area (Å²) in [6, 6.07) is 0. The topological polar surface area (TPSA) is 61.1 Å². The average Bonchev–Trinajstić information content (AvgIpc) is 2.73. The first-order chi connectivity index (χ1) is 8.27. The average molecular weight is 286 g/mol. The lowest BCUT2D eigenvalue weighted by molar-refractivity contribution is 1.12. The van der Waals surface area contributed by atoms with E-state index in [1.165, 1.54) is 16.6 Å². The summed E-state index contributed by atoms with van der Waals surface area (Å²) in [5.74, 6) is 1.95. The number of thioether (sulfide) groups is 2. The molecule has 0 aromatic carbocycles. The van der Waals surface area contributed by atoms with Gasteiger partial charge in [-0.05, 0) is 13.2 Å². The van der Waals surface area contributed by atoms with E-state index < -0.39 is 0 Å². The summed E-state index contributed by atoms with van der Waals surface area (Å²) in [5, 5.41) is 11.7. The highest BCUT2D eigenvalue weighted by Crippen LogP contribution is 2.19. The molecule has 4 nitrogen and oxygen atoms in total. The Morgan fingerprint density at radius 1 is 1.71 bits per heavy atom. The molecule has 1 aromatic heterocycles. The maximum absolute atomic E-state index is 8.46. The highest BCUT2D eigenvalue weighted by Gasteiger charge is 2.00. The van der Waals surface area contributed by atoms with Crippen LogP contribution in [-0.2, 0) is 5.75 Å². The van der Waals surface area contributed by atoms with Crippen molar-refractivity contribution in [3.8, 4) is 6.19 Å². The fourth-order valence-electron chi connectivity index (χ4n) is 1.04. The van der Waals surface area contributed by atoms with Gasteiger partial charge in [-0.15, -0.1) is 11.3 Å². The third-order valence-electron chi connectivity index (χ3n) is 1.93. The van der Waals surface area contributed by atoms with E-state index in [2.05, 4.69) is 15.3 Å². The van der Waals surface area contributed by atoms with Crippen LogP contribution in [0.3, 0.4) is 0 Å². The number of aliphatic imine (C=N–C) groups is 1. The number of rotatable bonds is 5. The second-order valence-corrected chi connectivity index (χ2v) is 5.88. The molecule has 1 N–H and O–H groups in total. The second kappa shape index (κ2) is 8.39. The number of nitrogens with zero attached hydrogens (tertiary/aromatic N) is 3. The minimum Gasteiger partial charge on any atom is -0.272 e. The highest BCUT2D eigenvalue weighted by atomic mass is 32.2. The van der Waals surface area contributed by atoms with Crippen LogP contribution in [0, 0.1) is 18.4 Å². The van der Waals surface area contributed by atoms with E-state index in [0.29, 0.717) is 5.17 Å². The predicted octanol–water partition coefficient (Wildman–Crippen LogP) is 2.47. The lowest BCUT2D eigenvalue weighted by Gasteiger charge is -2.00. The summed E-state index contributed by atoms with van der Waals surface area (Å²) in [7, 11) is 0. The van der Waals surface area contributed by atoms with Gasteiger partial charge in [-0.1, -0.05) is 11.8 Å². The van der Waals surface area contributed by atoms with Crippen molar-refractivity contribution in [2.75, 3.05) is 18.6 Å². The van der Waals surface area contributed by atoms with Crippen LogP contribution in [0.15, 0.2) is 10.5 Å². The van der Waals surface area contributed by atoms with E-state index in [9.17, 15) is 0 Å². The first kappa shape index (κ1) is 14.4. The molecule has 17 heavy (non-hydrogen) atoms. The summed E-state index contributed by atoms with van der Waals surface area (Å²) >= 11 is 4.99. The number of hydrogen-bond donors (Lipinski definition) is 1. The van der Waals surface area contributed by atoms with Gasteiger partial charge in [0.15, 0.2) is 11.4 Å². The molecule has 0 atom stereocenters. The van der Waals surface area contributed by atoms with Gasteiger partial charge in [0.05, 0.1) is 17.7 Å². The molecule has 0 saturated heterocycles. The van der Waals surface area contributed by atoms with Gasteiger partial charge in [0.25, 0.3) is 0 Å². The Balaban J connectivity index is 2.20. The number of hydrogen-bond acceptors (Lipinski definition) is 6. The molecule has 0 aliphatic carbocycles. The number of thiazole rings is 1. The zero-order valence-electron chi connectivity index (χ0n) is 9.77. The molecule has 0 fully saturated rings. The normalized spacial score (nSPS) is 11.2. The Labute approximate surface area is 114 Å². The van der Waals surface area contributed by atoms with Crippen molar-refractivity contribution in [2.24, 2.45) is 4.99 Å². The predicted molar refractivity (Wildman–Crippen MR) is 77.6 cm³/mol. The Bertz CT molecular complexity index is 408. The first-order valence-corrected chi connectivity index (χ1v) is 8.24. The van der Waals surface area contributed by atoms with Gasteiger partial charge in [-0.3, -0.25) is 10.3 Å². The van der Waals surface area contributed by atoms with E-state index in [1.807, 2.05) is 36.6 Å².